The molecule has 0 bridgehead atoms. The molecule has 0 aliphatic carbocycles. The number of anilines is 2. The fourth-order valence-corrected chi connectivity index (χ4v) is 4.73. The molecule has 0 saturated heterocycles. The molecule has 0 aliphatic heterocycles. The zero-order valence-electron chi connectivity index (χ0n) is 12.4. The molecule has 0 saturated carbocycles. The van der Waals surface area contributed by atoms with E-state index in [-0.39, 0.29) is 16.3 Å². The second kappa shape index (κ2) is 6.50. The minimum atomic E-state index is -3.87. The number of rotatable bonds is 5. The molecule has 0 heterocycles. The molecule has 0 unspecified atom stereocenters. The maximum absolute atomic E-state index is 12.5. The van der Waals surface area contributed by atoms with Gasteiger partial charge in [-0.15, -0.1) is 0 Å². The summed E-state index contributed by atoms with van der Waals surface area (Å²) in [5.41, 5.74) is 1.21. The van der Waals surface area contributed by atoms with Gasteiger partial charge in [0.2, 0.25) is 10.0 Å². The van der Waals surface area contributed by atoms with Crippen LogP contribution < -0.4 is 9.44 Å². The van der Waals surface area contributed by atoms with E-state index < -0.39 is 20.0 Å². The van der Waals surface area contributed by atoms with E-state index in [1.807, 2.05) is 6.92 Å². The van der Waals surface area contributed by atoms with Crippen LogP contribution in [0.4, 0.5) is 11.4 Å². The second-order valence-electron chi connectivity index (χ2n) is 4.96. The zero-order chi connectivity index (χ0) is 17.3. The van der Waals surface area contributed by atoms with Gasteiger partial charge in [-0.05, 0) is 52.7 Å². The molecule has 2 aromatic carbocycles. The average Bonchev–Trinajstić information content (AvgIpc) is 2.38. The normalized spacial score (nSPS) is 12.0. The lowest BCUT2D eigenvalue weighted by Gasteiger charge is -2.14. The Bertz CT molecular complexity index is 941. The minimum Gasteiger partial charge on any atom is -0.282 e. The SMILES string of the molecule is Cc1ccc(S(=O)(=O)Nc2ccccc2NS(C)(=O)=O)c(Br)c1. The molecule has 0 atom stereocenters. The Morgan fingerprint density at radius 1 is 0.913 bits per heavy atom. The lowest BCUT2D eigenvalue weighted by molar-refractivity contribution is 0.600. The summed E-state index contributed by atoms with van der Waals surface area (Å²) in [4.78, 5) is 0.0669. The van der Waals surface area contributed by atoms with Gasteiger partial charge in [0.05, 0.1) is 17.6 Å². The number of benzene rings is 2. The van der Waals surface area contributed by atoms with Crippen LogP contribution in [0.3, 0.4) is 0 Å². The van der Waals surface area contributed by atoms with Crippen LogP contribution in [0.15, 0.2) is 51.8 Å². The number of nitrogens with one attached hydrogen (secondary N) is 2. The molecule has 2 N–H and O–H groups in total. The number of halogens is 1. The summed E-state index contributed by atoms with van der Waals surface area (Å²) in [6, 6.07) is 11.0. The molecule has 9 heteroatoms. The van der Waals surface area contributed by atoms with E-state index >= 15 is 0 Å². The zero-order valence-corrected chi connectivity index (χ0v) is 15.6. The predicted molar refractivity (Wildman–Crippen MR) is 94.6 cm³/mol. The van der Waals surface area contributed by atoms with Crippen LogP contribution in [0.25, 0.3) is 0 Å². The Morgan fingerprint density at radius 3 is 2.00 bits per heavy atom. The van der Waals surface area contributed by atoms with E-state index in [9.17, 15) is 16.8 Å². The van der Waals surface area contributed by atoms with E-state index in [1.54, 1.807) is 24.3 Å². The first-order valence-electron chi connectivity index (χ1n) is 6.44. The molecule has 6 nitrogen and oxygen atoms in total. The first-order chi connectivity index (χ1) is 10.6. The molecular formula is C14H15BrN2O4S2. The summed E-state index contributed by atoms with van der Waals surface area (Å²) >= 11 is 3.23. The van der Waals surface area contributed by atoms with Crippen LogP contribution in [0.2, 0.25) is 0 Å². The summed E-state index contributed by atoms with van der Waals surface area (Å²) in [6.45, 7) is 1.85. The van der Waals surface area contributed by atoms with Gasteiger partial charge in [-0.2, -0.15) is 0 Å². The third kappa shape index (κ3) is 4.69. The molecule has 0 radical (unpaired) electrons. The van der Waals surface area contributed by atoms with E-state index in [0.29, 0.717) is 4.47 Å². The van der Waals surface area contributed by atoms with Crippen molar-refractivity contribution in [1.82, 2.24) is 0 Å². The summed E-state index contributed by atoms with van der Waals surface area (Å²) < 4.78 is 52.9. The largest absolute Gasteiger partial charge is 0.282 e. The maximum Gasteiger partial charge on any atom is 0.263 e. The Labute approximate surface area is 144 Å². The monoisotopic (exact) mass is 418 g/mol. The van der Waals surface area contributed by atoms with Crippen molar-refractivity contribution in [2.75, 3.05) is 15.7 Å². The topological polar surface area (TPSA) is 92.3 Å². The number of hydrogen-bond acceptors (Lipinski definition) is 4. The highest BCUT2D eigenvalue weighted by molar-refractivity contribution is 9.10. The van der Waals surface area contributed by atoms with Gasteiger partial charge in [-0.25, -0.2) is 16.8 Å². The molecule has 0 amide bonds. The van der Waals surface area contributed by atoms with Crippen LogP contribution in [0, 0.1) is 6.92 Å². The highest BCUT2D eigenvalue weighted by Crippen LogP contribution is 2.28. The lowest BCUT2D eigenvalue weighted by Crippen LogP contribution is -2.17. The van der Waals surface area contributed by atoms with Gasteiger partial charge in [-0.3, -0.25) is 9.44 Å². The summed E-state index contributed by atoms with van der Waals surface area (Å²) in [6.07, 6.45) is 0.995. The van der Waals surface area contributed by atoms with Gasteiger partial charge in [0.25, 0.3) is 10.0 Å². The third-order valence-corrected chi connectivity index (χ3v) is 5.78. The first-order valence-corrected chi connectivity index (χ1v) is 10.6. The number of hydrogen-bond donors (Lipinski definition) is 2. The van der Waals surface area contributed by atoms with Crippen molar-refractivity contribution in [1.29, 1.82) is 0 Å². The average molecular weight is 419 g/mol. The molecular weight excluding hydrogens is 404 g/mol. The fourth-order valence-electron chi connectivity index (χ4n) is 1.88. The second-order valence-corrected chi connectivity index (χ2v) is 9.21. The van der Waals surface area contributed by atoms with E-state index in [4.69, 9.17) is 0 Å². The van der Waals surface area contributed by atoms with Crippen molar-refractivity contribution < 1.29 is 16.8 Å². The highest BCUT2D eigenvalue weighted by Gasteiger charge is 2.19. The lowest BCUT2D eigenvalue weighted by atomic mass is 10.2. The van der Waals surface area contributed by atoms with Crippen molar-refractivity contribution in [2.24, 2.45) is 0 Å². The smallest absolute Gasteiger partial charge is 0.263 e. The molecule has 0 aliphatic rings. The highest BCUT2D eigenvalue weighted by atomic mass is 79.9. The Kier molecular flexibility index (Phi) is 5.02. The number of sulfonamides is 2. The van der Waals surface area contributed by atoms with E-state index in [2.05, 4.69) is 25.4 Å². The summed E-state index contributed by atoms with van der Waals surface area (Å²) in [5, 5.41) is 0. The molecule has 2 rings (SSSR count). The molecule has 2 aromatic rings. The fraction of sp³-hybridized carbons (Fsp3) is 0.143. The van der Waals surface area contributed by atoms with Gasteiger partial charge in [0.15, 0.2) is 0 Å². The Hall–Kier alpha value is -1.58. The molecule has 124 valence electrons. The molecule has 0 aromatic heterocycles. The number of aryl methyl sites for hydroxylation is 1. The van der Waals surface area contributed by atoms with Crippen molar-refractivity contribution in [3.8, 4) is 0 Å². The van der Waals surface area contributed by atoms with Crippen LogP contribution in [0.1, 0.15) is 5.56 Å². The molecule has 23 heavy (non-hydrogen) atoms. The first kappa shape index (κ1) is 17.8. The van der Waals surface area contributed by atoms with Crippen molar-refractivity contribution in [3.05, 3.63) is 52.5 Å². The van der Waals surface area contributed by atoms with Crippen LogP contribution >= 0.6 is 15.9 Å². The molecule has 0 spiro atoms. The quantitative estimate of drug-likeness (QED) is 0.780. The van der Waals surface area contributed by atoms with Gasteiger partial charge in [-0.1, -0.05) is 18.2 Å². The van der Waals surface area contributed by atoms with Crippen LogP contribution in [-0.4, -0.2) is 23.1 Å². The molecule has 0 fully saturated rings. The predicted octanol–water partition coefficient (Wildman–Crippen LogP) is 2.93. The van der Waals surface area contributed by atoms with E-state index in [1.165, 1.54) is 18.2 Å². The minimum absolute atomic E-state index is 0.0669. The van der Waals surface area contributed by atoms with Crippen molar-refractivity contribution in [3.63, 3.8) is 0 Å². The van der Waals surface area contributed by atoms with Crippen molar-refractivity contribution in [2.45, 2.75) is 11.8 Å². The van der Waals surface area contributed by atoms with Gasteiger partial charge in [0, 0.05) is 4.47 Å². The van der Waals surface area contributed by atoms with Gasteiger partial charge in [0.1, 0.15) is 4.90 Å². The third-order valence-electron chi connectivity index (χ3n) is 2.84. The van der Waals surface area contributed by atoms with Crippen LogP contribution in [0.5, 0.6) is 0 Å². The van der Waals surface area contributed by atoms with Gasteiger partial charge < -0.3 is 0 Å². The summed E-state index contributed by atoms with van der Waals surface area (Å²) in [5.74, 6) is 0. The van der Waals surface area contributed by atoms with Gasteiger partial charge >= 0.3 is 0 Å². The van der Waals surface area contributed by atoms with E-state index in [0.717, 1.165) is 11.8 Å². The maximum atomic E-state index is 12.5. The Balaban J connectivity index is 2.42. The Morgan fingerprint density at radius 2 is 1.48 bits per heavy atom. The van der Waals surface area contributed by atoms with Crippen molar-refractivity contribution >= 4 is 47.4 Å². The summed E-state index contributed by atoms with van der Waals surface area (Å²) in [7, 11) is -7.40. The standard InChI is InChI=1S/C14H15BrN2O4S2/c1-10-7-8-14(11(15)9-10)23(20,21)17-13-6-4-3-5-12(13)16-22(2,18)19/h3-9,16-17H,1-2H3. The number of para-hydroxylation sites is 2. The van der Waals surface area contributed by atoms with Crippen LogP contribution in [-0.2, 0) is 20.0 Å².